The Morgan fingerprint density at radius 1 is 1.32 bits per heavy atom. The molecule has 0 bridgehead atoms. The van der Waals surface area contributed by atoms with Gasteiger partial charge in [0.2, 0.25) is 0 Å². The van der Waals surface area contributed by atoms with Gasteiger partial charge in [0.25, 0.3) is 5.56 Å². The third-order valence-corrected chi connectivity index (χ3v) is 9.18. The van der Waals surface area contributed by atoms with E-state index in [2.05, 4.69) is 10.4 Å². The molecule has 0 amide bonds. The predicted molar refractivity (Wildman–Crippen MR) is 138 cm³/mol. The molecule has 1 N–H and O–H groups in total. The minimum Gasteiger partial charge on any atom is -0.382 e. The van der Waals surface area contributed by atoms with Gasteiger partial charge in [-0.1, -0.05) is 11.6 Å². The van der Waals surface area contributed by atoms with Crippen molar-refractivity contribution in [2.24, 2.45) is 5.92 Å². The first-order valence-electron chi connectivity index (χ1n) is 12.3. The molecule has 0 spiro atoms. The minimum atomic E-state index is -4.03. The smallest absolute Gasteiger partial charge is 0.304 e. The molecule has 2 fully saturated rings. The molecule has 37 heavy (non-hydrogen) atoms. The first kappa shape index (κ1) is 27.3. The number of halogens is 2. The molecule has 13 heteroatoms. The second-order valence-electron chi connectivity index (χ2n) is 9.17. The van der Waals surface area contributed by atoms with Crippen LogP contribution in [0.1, 0.15) is 44.2 Å². The Kier molecular flexibility index (Phi) is 8.69. The number of hydrogen-bond donors (Lipinski definition) is 1. The zero-order chi connectivity index (χ0) is 26.6. The van der Waals surface area contributed by atoms with Crippen LogP contribution in [0.5, 0.6) is 0 Å². The molecular weight excluding hydrogens is 523 g/mol. The van der Waals surface area contributed by atoms with Gasteiger partial charge in [-0.25, -0.2) is 9.07 Å². The van der Waals surface area contributed by atoms with E-state index in [4.69, 9.17) is 21.6 Å². The molecule has 200 valence electrons. The summed E-state index contributed by atoms with van der Waals surface area (Å²) in [6.45, 7) is 3.98. The van der Waals surface area contributed by atoms with Gasteiger partial charge in [-0.2, -0.15) is 23.1 Å². The van der Waals surface area contributed by atoms with Gasteiger partial charge in [0.05, 0.1) is 41.9 Å². The lowest BCUT2D eigenvalue weighted by Crippen LogP contribution is -2.48. The average Bonchev–Trinajstić information content (AvgIpc) is 2.91. The number of nitriles is 1. The van der Waals surface area contributed by atoms with E-state index in [1.165, 1.54) is 27.3 Å². The molecular formula is C24H30ClFN6O4S. The molecule has 2 saturated heterocycles. The summed E-state index contributed by atoms with van der Waals surface area (Å²) in [5.41, 5.74) is 0.0340. The van der Waals surface area contributed by atoms with Gasteiger partial charge < -0.3 is 10.1 Å². The molecule has 1 atom stereocenters. The summed E-state index contributed by atoms with van der Waals surface area (Å²) >= 11 is 6.37. The van der Waals surface area contributed by atoms with Crippen molar-refractivity contribution in [2.45, 2.75) is 38.6 Å². The average molecular weight is 553 g/mol. The highest BCUT2D eigenvalue weighted by Crippen LogP contribution is 2.29. The van der Waals surface area contributed by atoms with Crippen LogP contribution in [-0.4, -0.2) is 61.9 Å². The molecule has 0 radical (unpaired) electrons. The number of rotatable bonds is 8. The van der Waals surface area contributed by atoms with Crippen LogP contribution in [0, 0.1) is 23.1 Å². The maximum Gasteiger partial charge on any atom is 0.304 e. The van der Waals surface area contributed by atoms with Gasteiger partial charge in [0, 0.05) is 32.8 Å². The monoisotopic (exact) mass is 552 g/mol. The maximum absolute atomic E-state index is 14.6. The van der Waals surface area contributed by atoms with Gasteiger partial charge in [0.1, 0.15) is 10.8 Å². The molecule has 4 rings (SSSR count). The van der Waals surface area contributed by atoms with Gasteiger partial charge in [0.15, 0.2) is 0 Å². The molecule has 2 aliphatic rings. The SMILES string of the molecule is CCN(c1ccc(C#N)cc1F)S(=O)(=O)N1CCC(n2ncc(NC[C@@H]3CCCOC3)c(Cl)c2=O)CC1. The normalized spacial score (nSPS) is 19.4. The molecule has 3 heterocycles. The maximum atomic E-state index is 14.6. The van der Waals surface area contributed by atoms with E-state index >= 15 is 0 Å². The molecule has 0 aliphatic carbocycles. The highest BCUT2D eigenvalue weighted by atomic mass is 35.5. The Morgan fingerprint density at radius 3 is 2.70 bits per heavy atom. The number of nitrogens with one attached hydrogen (secondary N) is 1. The molecule has 1 aromatic carbocycles. The molecule has 0 saturated carbocycles. The Morgan fingerprint density at radius 2 is 2.08 bits per heavy atom. The van der Waals surface area contributed by atoms with E-state index in [-0.39, 0.29) is 41.9 Å². The lowest BCUT2D eigenvalue weighted by Gasteiger charge is -2.35. The molecule has 10 nitrogen and oxygen atoms in total. The second-order valence-corrected chi connectivity index (χ2v) is 11.4. The van der Waals surface area contributed by atoms with Gasteiger partial charge in [-0.05, 0) is 56.7 Å². The molecule has 2 aromatic rings. The van der Waals surface area contributed by atoms with E-state index in [9.17, 15) is 17.6 Å². The van der Waals surface area contributed by atoms with Crippen LogP contribution in [0.4, 0.5) is 15.8 Å². The number of benzene rings is 1. The van der Waals surface area contributed by atoms with Crippen molar-refractivity contribution >= 4 is 33.2 Å². The third-order valence-electron chi connectivity index (χ3n) is 6.79. The van der Waals surface area contributed by atoms with Gasteiger partial charge >= 0.3 is 10.2 Å². The lowest BCUT2D eigenvalue weighted by molar-refractivity contribution is 0.0595. The van der Waals surface area contributed by atoms with Crippen LogP contribution in [0.2, 0.25) is 5.02 Å². The topological polar surface area (TPSA) is 121 Å². The summed E-state index contributed by atoms with van der Waals surface area (Å²) in [4.78, 5) is 12.9. The van der Waals surface area contributed by atoms with Crippen LogP contribution in [0.15, 0.2) is 29.2 Å². The third kappa shape index (κ3) is 5.90. The van der Waals surface area contributed by atoms with Crippen molar-refractivity contribution in [3.8, 4) is 6.07 Å². The van der Waals surface area contributed by atoms with E-state index < -0.39 is 21.6 Å². The quantitative estimate of drug-likeness (QED) is 0.534. The summed E-state index contributed by atoms with van der Waals surface area (Å²) in [5.74, 6) is -0.437. The number of nitrogens with zero attached hydrogens (tertiary/aromatic N) is 5. The molecule has 1 aromatic heterocycles. The van der Waals surface area contributed by atoms with Crippen molar-refractivity contribution in [3.05, 3.63) is 51.2 Å². The number of anilines is 2. The summed E-state index contributed by atoms with van der Waals surface area (Å²) in [6, 6.07) is 5.21. The standard InChI is InChI=1S/C24H30ClFN6O4S/c1-2-31(22-6-5-17(13-27)12-20(22)26)37(34,35)30-9-7-19(8-10-30)32-24(33)23(25)21(15-29-32)28-14-18-4-3-11-36-16-18/h5-6,12,15,18-19,28H,2-4,7-11,14,16H2,1H3/t18-/m0/s1. The van der Waals surface area contributed by atoms with Crippen LogP contribution in [-0.2, 0) is 14.9 Å². The van der Waals surface area contributed by atoms with E-state index in [0.29, 0.717) is 37.6 Å². The number of aromatic nitrogens is 2. The van der Waals surface area contributed by atoms with E-state index in [1.807, 2.05) is 6.07 Å². The largest absolute Gasteiger partial charge is 0.382 e. The van der Waals surface area contributed by atoms with Crippen LogP contribution < -0.4 is 15.2 Å². The fraction of sp³-hybridized carbons (Fsp3) is 0.542. The zero-order valence-electron chi connectivity index (χ0n) is 20.6. The highest BCUT2D eigenvalue weighted by Gasteiger charge is 2.35. The minimum absolute atomic E-state index is 0.0170. The number of piperidine rings is 1. The summed E-state index contributed by atoms with van der Waals surface area (Å²) < 4.78 is 50.3. The highest BCUT2D eigenvalue weighted by molar-refractivity contribution is 7.90. The summed E-state index contributed by atoms with van der Waals surface area (Å²) in [6.07, 6.45) is 4.28. The Balaban J connectivity index is 1.43. The van der Waals surface area contributed by atoms with E-state index in [1.54, 1.807) is 6.92 Å². The number of ether oxygens (including phenoxy) is 1. The predicted octanol–water partition coefficient (Wildman–Crippen LogP) is 3.15. The lowest BCUT2D eigenvalue weighted by atomic mass is 10.0. The molecule has 2 aliphatic heterocycles. The van der Waals surface area contributed by atoms with E-state index in [0.717, 1.165) is 29.8 Å². The van der Waals surface area contributed by atoms with Crippen LogP contribution in [0.25, 0.3) is 0 Å². The summed E-state index contributed by atoms with van der Waals surface area (Å²) in [5, 5.41) is 16.5. The van der Waals surface area contributed by atoms with Gasteiger partial charge in [-0.3, -0.25) is 9.10 Å². The first-order valence-corrected chi connectivity index (χ1v) is 14.1. The number of hydrogen-bond acceptors (Lipinski definition) is 7. The van der Waals surface area contributed by atoms with Crippen molar-refractivity contribution in [2.75, 3.05) is 49.0 Å². The van der Waals surface area contributed by atoms with Crippen molar-refractivity contribution in [3.63, 3.8) is 0 Å². The summed E-state index contributed by atoms with van der Waals surface area (Å²) in [7, 11) is -4.03. The fourth-order valence-corrected chi connectivity index (χ4v) is 6.62. The van der Waals surface area contributed by atoms with Crippen molar-refractivity contribution < 1.29 is 17.5 Å². The van der Waals surface area contributed by atoms with Crippen LogP contribution >= 0.6 is 11.6 Å². The Hall–Kier alpha value is -2.72. The Bertz CT molecular complexity index is 1320. The van der Waals surface area contributed by atoms with Gasteiger partial charge in [-0.15, -0.1) is 0 Å². The van der Waals surface area contributed by atoms with Crippen molar-refractivity contribution in [1.82, 2.24) is 14.1 Å². The van der Waals surface area contributed by atoms with Crippen LogP contribution in [0.3, 0.4) is 0 Å². The zero-order valence-corrected chi connectivity index (χ0v) is 22.1. The molecule has 0 unspecified atom stereocenters. The second kappa shape index (κ2) is 11.8. The first-order chi connectivity index (χ1) is 17.8. The van der Waals surface area contributed by atoms with Crippen molar-refractivity contribution in [1.29, 1.82) is 5.26 Å². The fourth-order valence-electron chi connectivity index (χ4n) is 4.74. The Labute approximate surface area is 220 Å².